The van der Waals surface area contributed by atoms with E-state index in [0.717, 1.165) is 127 Å². The van der Waals surface area contributed by atoms with Gasteiger partial charge in [-0.25, -0.2) is 9.13 Å². The van der Waals surface area contributed by atoms with Crippen molar-refractivity contribution in [2.24, 2.45) is 17.8 Å². The molecule has 0 fully saturated rings. The van der Waals surface area contributed by atoms with Crippen molar-refractivity contribution in [2.45, 2.75) is 375 Å². The first-order valence-corrected chi connectivity index (χ1v) is 41.2. The molecule has 0 rings (SSSR count). The fourth-order valence-corrected chi connectivity index (χ4v) is 12.5. The lowest BCUT2D eigenvalue weighted by molar-refractivity contribution is -0.161. The van der Waals surface area contributed by atoms with E-state index in [0.29, 0.717) is 31.6 Å². The third kappa shape index (κ3) is 68.1. The molecule has 0 aromatic rings. The first-order valence-electron chi connectivity index (χ1n) is 38.2. The van der Waals surface area contributed by atoms with E-state index in [-0.39, 0.29) is 25.7 Å². The predicted octanol–water partition coefficient (Wildman–Crippen LogP) is 21.3. The number of hydrogen-bond acceptors (Lipinski definition) is 15. The van der Waals surface area contributed by atoms with Gasteiger partial charge in [0.05, 0.1) is 26.4 Å². The van der Waals surface area contributed by atoms with Crippen LogP contribution in [0.2, 0.25) is 0 Å². The van der Waals surface area contributed by atoms with Crippen molar-refractivity contribution < 1.29 is 80.2 Å². The molecule has 0 aromatic carbocycles. The normalized spacial score (nSPS) is 14.3. The second kappa shape index (κ2) is 65.2. The van der Waals surface area contributed by atoms with E-state index in [9.17, 15) is 43.2 Å². The molecule has 3 unspecified atom stereocenters. The van der Waals surface area contributed by atoms with Crippen LogP contribution in [0.5, 0.6) is 0 Å². The van der Waals surface area contributed by atoms with Gasteiger partial charge in [0.1, 0.15) is 19.3 Å². The number of esters is 4. The van der Waals surface area contributed by atoms with Crippen molar-refractivity contribution in [3.05, 3.63) is 24.3 Å². The molecule has 19 heteroatoms. The Morgan fingerprint density at radius 1 is 0.330 bits per heavy atom. The highest BCUT2D eigenvalue weighted by atomic mass is 31.2. The molecule has 0 heterocycles. The number of aliphatic hydroxyl groups is 1. The summed E-state index contributed by atoms with van der Waals surface area (Å²) in [4.78, 5) is 72.7. The summed E-state index contributed by atoms with van der Waals surface area (Å²) >= 11 is 0. The second-order valence-electron chi connectivity index (χ2n) is 27.8. The first-order chi connectivity index (χ1) is 45.2. The molecule has 5 atom stereocenters. The molecule has 0 aliphatic rings. The van der Waals surface area contributed by atoms with Crippen molar-refractivity contribution >= 4 is 39.5 Å². The molecule has 0 aliphatic heterocycles. The molecule has 0 saturated carbocycles. The molecule has 3 N–H and O–H groups in total. The highest BCUT2D eigenvalue weighted by molar-refractivity contribution is 7.47. The van der Waals surface area contributed by atoms with Crippen molar-refractivity contribution in [1.29, 1.82) is 0 Å². The van der Waals surface area contributed by atoms with Crippen molar-refractivity contribution in [3.8, 4) is 0 Å². The summed E-state index contributed by atoms with van der Waals surface area (Å²) in [5.41, 5.74) is 0. The Morgan fingerprint density at radius 2 is 0.574 bits per heavy atom. The second-order valence-corrected chi connectivity index (χ2v) is 30.7. The average molecular weight is 1380 g/mol. The SMILES string of the molecule is CCCCCC/C=C\C=C/CCCCCCCC(=O)OC[C@H](COP(=O)(O)OCC(O)COP(=O)(O)OC[C@@H](COC(=O)CCCCCCCCCC(C)C)OC(=O)CCCCCCCCCCCCCCC(C)C)OC(=O)CCCCCCCCCCCCCC(C)C. The van der Waals surface area contributed by atoms with Gasteiger partial charge in [0.2, 0.25) is 0 Å². The van der Waals surface area contributed by atoms with Gasteiger partial charge in [0, 0.05) is 25.7 Å². The van der Waals surface area contributed by atoms with Gasteiger partial charge in [-0.2, -0.15) is 0 Å². The van der Waals surface area contributed by atoms with Crippen LogP contribution in [0.4, 0.5) is 0 Å². The van der Waals surface area contributed by atoms with Crippen molar-refractivity contribution in [1.82, 2.24) is 0 Å². The largest absolute Gasteiger partial charge is 0.472 e. The Kier molecular flexibility index (Phi) is 63.5. The van der Waals surface area contributed by atoms with Crippen LogP contribution in [-0.4, -0.2) is 96.7 Å². The summed E-state index contributed by atoms with van der Waals surface area (Å²) in [6, 6.07) is 0. The molecule has 0 aliphatic carbocycles. The van der Waals surface area contributed by atoms with Gasteiger partial charge >= 0.3 is 39.5 Å². The molecule has 0 radical (unpaired) electrons. The summed E-state index contributed by atoms with van der Waals surface area (Å²) in [6.45, 7) is 11.8. The Morgan fingerprint density at radius 3 is 0.862 bits per heavy atom. The number of carbonyl (C=O) groups excluding carboxylic acids is 4. The van der Waals surface area contributed by atoms with Crippen LogP contribution in [0.15, 0.2) is 24.3 Å². The molecule has 0 spiro atoms. The monoisotopic (exact) mass is 1380 g/mol. The number of carbonyl (C=O) groups is 4. The smallest absolute Gasteiger partial charge is 0.462 e. The van der Waals surface area contributed by atoms with Gasteiger partial charge in [-0.1, -0.05) is 304 Å². The van der Waals surface area contributed by atoms with Crippen molar-refractivity contribution in [3.63, 3.8) is 0 Å². The van der Waals surface area contributed by atoms with Gasteiger partial charge in [0.25, 0.3) is 0 Å². The van der Waals surface area contributed by atoms with Gasteiger partial charge in [-0.15, -0.1) is 0 Å². The molecule has 17 nitrogen and oxygen atoms in total. The third-order valence-corrected chi connectivity index (χ3v) is 18.7. The zero-order valence-corrected chi connectivity index (χ0v) is 62.7. The van der Waals surface area contributed by atoms with E-state index >= 15 is 0 Å². The summed E-state index contributed by atoms with van der Waals surface area (Å²) in [7, 11) is -9.92. The summed E-state index contributed by atoms with van der Waals surface area (Å²) in [5.74, 6) is 0.0910. The van der Waals surface area contributed by atoms with Crippen LogP contribution >= 0.6 is 15.6 Å². The van der Waals surface area contributed by atoms with Gasteiger partial charge < -0.3 is 33.8 Å². The van der Waals surface area contributed by atoms with Gasteiger partial charge in [-0.3, -0.25) is 37.3 Å². The van der Waals surface area contributed by atoms with Crippen LogP contribution in [0, 0.1) is 17.8 Å². The van der Waals surface area contributed by atoms with Crippen LogP contribution in [0.3, 0.4) is 0 Å². The highest BCUT2D eigenvalue weighted by Gasteiger charge is 2.30. The van der Waals surface area contributed by atoms with Gasteiger partial charge in [0.15, 0.2) is 12.2 Å². The molecule has 0 amide bonds. The summed E-state index contributed by atoms with van der Waals surface area (Å²) in [5, 5.41) is 10.6. The topological polar surface area (TPSA) is 237 Å². The standard InChI is InChI=1S/C75H142O17P2/c1-8-9-10-11-12-13-14-15-16-17-23-28-35-42-49-56-72(77)85-62-70(91-75(80)59-52-45-37-30-25-20-22-27-33-40-47-54-67(4)5)64-89-93(81,82)87-60-69(76)61-88-94(83,84)90-65-71(63-86-73(78)57-50-43-38-31-34-41-48-55-68(6)7)92-74(79)58-51-44-36-29-24-19-18-21-26-32-39-46-53-66(2)3/h13-16,66-71,76H,8-12,17-65H2,1-7H3,(H,81,82)(H,83,84)/b14-13-,16-15-/t69?,70-,71-/m1/s1. The van der Waals surface area contributed by atoms with Crippen LogP contribution in [-0.2, 0) is 65.4 Å². The molecular formula is C75H142O17P2. The Bertz CT molecular complexity index is 1930. The fraction of sp³-hybridized carbons (Fsp3) is 0.893. The number of allylic oxidation sites excluding steroid dienone is 4. The molecule has 0 saturated heterocycles. The van der Waals surface area contributed by atoms with Crippen LogP contribution in [0.25, 0.3) is 0 Å². The van der Waals surface area contributed by atoms with E-state index in [1.807, 2.05) is 0 Å². The van der Waals surface area contributed by atoms with E-state index in [2.05, 4.69) is 72.8 Å². The van der Waals surface area contributed by atoms with Crippen molar-refractivity contribution in [2.75, 3.05) is 39.6 Å². The lowest BCUT2D eigenvalue weighted by Crippen LogP contribution is -2.30. The first kappa shape index (κ1) is 91.5. The van der Waals surface area contributed by atoms with E-state index in [4.69, 9.17) is 37.0 Å². The molecular weight excluding hydrogens is 1230 g/mol. The predicted molar refractivity (Wildman–Crippen MR) is 381 cm³/mol. The number of phosphoric ester groups is 2. The lowest BCUT2D eigenvalue weighted by atomic mass is 10.0. The van der Waals surface area contributed by atoms with E-state index in [1.54, 1.807) is 0 Å². The molecule has 0 bridgehead atoms. The fourth-order valence-electron chi connectivity index (χ4n) is 10.9. The van der Waals surface area contributed by atoms with Crippen LogP contribution < -0.4 is 0 Å². The molecule has 94 heavy (non-hydrogen) atoms. The maximum atomic E-state index is 13.1. The highest BCUT2D eigenvalue weighted by Crippen LogP contribution is 2.45. The average Bonchev–Trinajstić information content (AvgIpc) is 1.81. The minimum Gasteiger partial charge on any atom is -0.462 e. The summed E-state index contributed by atoms with van der Waals surface area (Å²) < 4.78 is 68.4. The maximum Gasteiger partial charge on any atom is 0.472 e. The number of phosphoric acid groups is 2. The minimum absolute atomic E-state index is 0.0992. The Hall–Kier alpha value is -2.46. The zero-order chi connectivity index (χ0) is 69.4. The van der Waals surface area contributed by atoms with E-state index < -0.39 is 97.5 Å². The third-order valence-electron chi connectivity index (χ3n) is 16.8. The minimum atomic E-state index is -4.96. The van der Waals surface area contributed by atoms with Crippen LogP contribution in [0.1, 0.15) is 357 Å². The number of hydrogen-bond donors (Lipinski definition) is 3. The Labute approximate surface area is 573 Å². The number of ether oxygens (including phenoxy) is 4. The number of rotatable bonds is 71. The molecule has 554 valence electrons. The Balaban J connectivity index is 5.29. The lowest BCUT2D eigenvalue weighted by Gasteiger charge is -2.21. The number of unbranched alkanes of at least 4 members (excludes halogenated alkanes) is 36. The van der Waals surface area contributed by atoms with Gasteiger partial charge in [-0.05, 0) is 69.1 Å². The molecule has 0 aromatic heterocycles. The summed E-state index contributed by atoms with van der Waals surface area (Å²) in [6.07, 6.45) is 53.6. The quantitative estimate of drug-likeness (QED) is 0.0169. The zero-order valence-electron chi connectivity index (χ0n) is 60.9. The van der Waals surface area contributed by atoms with E-state index in [1.165, 1.54) is 141 Å². The number of aliphatic hydroxyl groups excluding tert-OH is 1. The maximum absolute atomic E-state index is 13.1.